The van der Waals surface area contributed by atoms with Gasteiger partial charge in [0.05, 0.1) is 12.5 Å². The zero-order valence-electron chi connectivity index (χ0n) is 7.85. The molecule has 0 atom stereocenters. The van der Waals surface area contributed by atoms with Crippen molar-refractivity contribution in [2.75, 3.05) is 20.2 Å². The van der Waals surface area contributed by atoms with Crippen molar-refractivity contribution in [2.45, 2.75) is 26.2 Å². The summed E-state index contributed by atoms with van der Waals surface area (Å²) in [6.45, 7) is 3.89. The molecule has 0 heterocycles. The molecule has 0 aromatic carbocycles. The Morgan fingerprint density at radius 2 is 2.25 bits per heavy atom. The van der Waals surface area contributed by atoms with E-state index in [-0.39, 0.29) is 11.4 Å². The van der Waals surface area contributed by atoms with Crippen LogP contribution in [0.1, 0.15) is 26.2 Å². The van der Waals surface area contributed by atoms with E-state index in [9.17, 15) is 4.79 Å². The van der Waals surface area contributed by atoms with E-state index in [1.807, 2.05) is 0 Å². The standard InChI is InChI=1S/C9H17NO2/c1-3-6-10-7-9(4-5-9)8(11)12-2/h10H,3-7H2,1-2H3. The van der Waals surface area contributed by atoms with Crippen molar-refractivity contribution in [3.05, 3.63) is 0 Å². The summed E-state index contributed by atoms with van der Waals surface area (Å²) in [7, 11) is 1.46. The molecule has 0 radical (unpaired) electrons. The van der Waals surface area contributed by atoms with Crippen molar-refractivity contribution in [1.29, 1.82) is 0 Å². The molecule has 3 heteroatoms. The minimum atomic E-state index is -0.163. The van der Waals surface area contributed by atoms with Gasteiger partial charge in [-0.1, -0.05) is 6.92 Å². The van der Waals surface area contributed by atoms with Gasteiger partial charge in [-0.25, -0.2) is 0 Å². The minimum absolute atomic E-state index is 0.0499. The fraction of sp³-hybridized carbons (Fsp3) is 0.889. The molecule has 1 saturated carbocycles. The molecule has 0 spiro atoms. The molecule has 0 bridgehead atoms. The highest BCUT2D eigenvalue weighted by Gasteiger charge is 2.50. The minimum Gasteiger partial charge on any atom is -0.469 e. The molecule has 3 nitrogen and oxygen atoms in total. The van der Waals surface area contributed by atoms with E-state index in [1.54, 1.807) is 0 Å². The van der Waals surface area contributed by atoms with Gasteiger partial charge in [-0.15, -0.1) is 0 Å². The van der Waals surface area contributed by atoms with Gasteiger partial charge < -0.3 is 10.1 Å². The Hall–Kier alpha value is -0.570. The van der Waals surface area contributed by atoms with E-state index in [0.29, 0.717) is 0 Å². The van der Waals surface area contributed by atoms with E-state index in [0.717, 1.165) is 32.4 Å². The van der Waals surface area contributed by atoms with Gasteiger partial charge in [0.25, 0.3) is 0 Å². The number of carbonyl (C=O) groups excluding carboxylic acids is 1. The molecule has 0 unspecified atom stereocenters. The number of carbonyl (C=O) groups is 1. The lowest BCUT2D eigenvalue weighted by atomic mass is 10.1. The first-order valence-electron chi connectivity index (χ1n) is 4.54. The molecule has 12 heavy (non-hydrogen) atoms. The SMILES string of the molecule is CCCNCC1(C(=O)OC)CC1. The molecule has 1 rings (SSSR count). The van der Waals surface area contributed by atoms with Gasteiger partial charge in [0, 0.05) is 6.54 Å². The molecule has 0 saturated heterocycles. The van der Waals surface area contributed by atoms with Crippen molar-refractivity contribution in [3.8, 4) is 0 Å². The first-order valence-corrected chi connectivity index (χ1v) is 4.54. The molecule has 0 amide bonds. The summed E-state index contributed by atoms with van der Waals surface area (Å²) >= 11 is 0. The van der Waals surface area contributed by atoms with Crippen LogP contribution in [0, 0.1) is 5.41 Å². The Morgan fingerprint density at radius 1 is 1.58 bits per heavy atom. The van der Waals surface area contributed by atoms with Crippen LogP contribution < -0.4 is 5.32 Å². The number of hydrogen-bond acceptors (Lipinski definition) is 3. The third-order valence-electron chi connectivity index (χ3n) is 2.36. The monoisotopic (exact) mass is 171 g/mol. The predicted octanol–water partition coefficient (Wildman–Crippen LogP) is 0.939. The Morgan fingerprint density at radius 3 is 2.67 bits per heavy atom. The molecule has 0 aromatic rings. The normalized spacial score (nSPS) is 18.8. The van der Waals surface area contributed by atoms with Gasteiger partial charge in [-0.2, -0.15) is 0 Å². The lowest BCUT2D eigenvalue weighted by molar-refractivity contribution is -0.146. The maximum atomic E-state index is 11.2. The highest BCUT2D eigenvalue weighted by Crippen LogP contribution is 2.45. The smallest absolute Gasteiger partial charge is 0.313 e. The van der Waals surface area contributed by atoms with E-state index in [1.165, 1.54) is 7.11 Å². The maximum Gasteiger partial charge on any atom is 0.313 e. The fourth-order valence-corrected chi connectivity index (χ4v) is 1.32. The first-order chi connectivity index (χ1) is 5.75. The maximum absolute atomic E-state index is 11.2. The van der Waals surface area contributed by atoms with Gasteiger partial charge in [0.2, 0.25) is 0 Å². The molecule has 70 valence electrons. The summed E-state index contributed by atoms with van der Waals surface area (Å²) in [5, 5.41) is 3.25. The number of esters is 1. The van der Waals surface area contributed by atoms with Crippen LogP contribution in [-0.2, 0) is 9.53 Å². The van der Waals surface area contributed by atoms with Crippen LogP contribution in [0.15, 0.2) is 0 Å². The number of hydrogen-bond donors (Lipinski definition) is 1. The molecular weight excluding hydrogens is 154 g/mol. The fourth-order valence-electron chi connectivity index (χ4n) is 1.32. The van der Waals surface area contributed by atoms with Crippen molar-refractivity contribution in [2.24, 2.45) is 5.41 Å². The van der Waals surface area contributed by atoms with Crippen LogP contribution >= 0.6 is 0 Å². The molecular formula is C9H17NO2. The molecule has 1 N–H and O–H groups in total. The molecule has 0 aromatic heterocycles. The topological polar surface area (TPSA) is 38.3 Å². The zero-order chi connectivity index (χ0) is 9.03. The quantitative estimate of drug-likeness (QED) is 0.494. The summed E-state index contributed by atoms with van der Waals surface area (Å²) in [4.78, 5) is 11.2. The third-order valence-corrected chi connectivity index (χ3v) is 2.36. The Labute approximate surface area is 73.5 Å². The lowest BCUT2D eigenvalue weighted by Gasteiger charge is -2.12. The average molecular weight is 171 g/mol. The number of methoxy groups -OCH3 is 1. The van der Waals surface area contributed by atoms with E-state index >= 15 is 0 Å². The van der Waals surface area contributed by atoms with E-state index in [2.05, 4.69) is 12.2 Å². The van der Waals surface area contributed by atoms with Crippen LogP contribution in [0.25, 0.3) is 0 Å². The largest absolute Gasteiger partial charge is 0.469 e. The Bertz CT molecular complexity index is 164. The van der Waals surface area contributed by atoms with Gasteiger partial charge in [-0.3, -0.25) is 4.79 Å². The van der Waals surface area contributed by atoms with Crippen LogP contribution in [-0.4, -0.2) is 26.2 Å². The molecule has 0 aliphatic heterocycles. The highest BCUT2D eigenvalue weighted by molar-refractivity contribution is 5.80. The summed E-state index contributed by atoms with van der Waals surface area (Å²) < 4.78 is 4.73. The lowest BCUT2D eigenvalue weighted by Crippen LogP contribution is -2.31. The van der Waals surface area contributed by atoms with Crippen molar-refractivity contribution in [3.63, 3.8) is 0 Å². The van der Waals surface area contributed by atoms with Crippen LogP contribution in [0.4, 0.5) is 0 Å². The van der Waals surface area contributed by atoms with Gasteiger partial charge in [0.1, 0.15) is 0 Å². The number of nitrogens with one attached hydrogen (secondary N) is 1. The van der Waals surface area contributed by atoms with E-state index < -0.39 is 0 Å². The van der Waals surface area contributed by atoms with Gasteiger partial charge in [-0.05, 0) is 25.8 Å². The zero-order valence-corrected chi connectivity index (χ0v) is 7.85. The van der Waals surface area contributed by atoms with Crippen molar-refractivity contribution < 1.29 is 9.53 Å². The van der Waals surface area contributed by atoms with Crippen molar-refractivity contribution in [1.82, 2.24) is 5.32 Å². The molecule has 1 fully saturated rings. The van der Waals surface area contributed by atoms with Crippen LogP contribution in [0.3, 0.4) is 0 Å². The molecule has 1 aliphatic rings. The highest BCUT2D eigenvalue weighted by atomic mass is 16.5. The summed E-state index contributed by atoms with van der Waals surface area (Å²) in [5.41, 5.74) is -0.163. The summed E-state index contributed by atoms with van der Waals surface area (Å²) in [6, 6.07) is 0. The summed E-state index contributed by atoms with van der Waals surface area (Å²) in [6.07, 6.45) is 3.07. The average Bonchev–Trinajstić information content (AvgIpc) is 2.85. The van der Waals surface area contributed by atoms with Gasteiger partial charge in [0.15, 0.2) is 0 Å². The number of ether oxygens (including phenoxy) is 1. The number of rotatable bonds is 5. The first kappa shape index (κ1) is 9.52. The van der Waals surface area contributed by atoms with Crippen LogP contribution in [0.2, 0.25) is 0 Å². The van der Waals surface area contributed by atoms with Crippen molar-refractivity contribution >= 4 is 5.97 Å². The molecule has 1 aliphatic carbocycles. The van der Waals surface area contributed by atoms with Crippen LogP contribution in [0.5, 0.6) is 0 Å². The predicted molar refractivity (Wildman–Crippen MR) is 46.8 cm³/mol. The van der Waals surface area contributed by atoms with E-state index in [4.69, 9.17) is 4.74 Å². The summed E-state index contributed by atoms with van der Waals surface area (Å²) in [5.74, 6) is -0.0499. The third kappa shape index (κ3) is 1.97. The second-order valence-corrected chi connectivity index (χ2v) is 3.45. The van der Waals surface area contributed by atoms with Gasteiger partial charge >= 0.3 is 5.97 Å². The Balaban J connectivity index is 2.25. The second-order valence-electron chi connectivity index (χ2n) is 3.45. The Kier molecular flexibility index (Phi) is 3.09. The second kappa shape index (κ2) is 3.90.